The van der Waals surface area contributed by atoms with Crippen LogP contribution >= 0.6 is 0 Å². The Bertz CT molecular complexity index is 494. The molecule has 2 aliphatic rings. The lowest BCUT2D eigenvalue weighted by Crippen LogP contribution is -2.44. The Balaban J connectivity index is 1.71. The molecular weight excluding hydrogens is 268 g/mol. The van der Waals surface area contributed by atoms with Crippen LogP contribution in [-0.2, 0) is 4.74 Å². The Kier molecular flexibility index (Phi) is 4.36. The third-order valence-electron chi connectivity index (χ3n) is 4.14. The highest BCUT2D eigenvalue weighted by Gasteiger charge is 2.20. The van der Waals surface area contributed by atoms with Gasteiger partial charge in [0.15, 0.2) is 0 Å². The van der Waals surface area contributed by atoms with Gasteiger partial charge in [-0.15, -0.1) is 0 Å². The van der Waals surface area contributed by atoms with E-state index in [2.05, 4.69) is 21.8 Å². The molecule has 1 amide bonds. The quantitative estimate of drug-likeness (QED) is 0.784. The fourth-order valence-electron chi connectivity index (χ4n) is 2.73. The third-order valence-corrected chi connectivity index (χ3v) is 4.14. The van der Waals surface area contributed by atoms with Crippen molar-refractivity contribution in [2.45, 2.75) is 0 Å². The minimum absolute atomic E-state index is 0.0572. The monoisotopic (exact) mass is 290 g/mol. The average Bonchev–Trinajstić information content (AvgIpc) is 2.56. The summed E-state index contributed by atoms with van der Waals surface area (Å²) in [5, 5.41) is 0. The lowest BCUT2D eigenvalue weighted by atomic mass is 10.2. The van der Waals surface area contributed by atoms with E-state index in [0.717, 1.165) is 31.9 Å². The molecule has 6 heteroatoms. The Morgan fingerprint density at radius 3 is 2.52 bits per heavy atom. The normalized spacial score (nSPS) is 20.6. The van der Waals surface area contributed by atoms with Crippen molar-refractivity contribution in [3.05, 3.63) is 24.0 Å². The van der Waals surface area contributed by atoms with Crippen LogP contribution in [0.2, 0.25) is 0 Å². The Hall–Kier alpha value is -1.66. The highest BCUT2D eigenvalue weighted by molar-refractivity contribution is 5.94. The summed E-state index contributed by atoms with van der Waals surface area (Å²) in [7, 11) is 2.13. The van der Waals surface area contributed by atoms with Crippen molar-refractivity contribution in [1.29, 1.82) is 0 Å². The first-order valence-electron chi connectivity index (χ1n) is 7.49. The van der Waals surface area contributed by atoms with Gasteiger partial charge in [0.25, 0.3) is 5.91 Å². The lowest BCUT2D eigenvalue weighted by Gasteiger charge is -2.34. The molecule has 3 heterocycles. The van der Waals surface area contributed by atoms with Crippen LogP contribution in [0.3, 0.4) is 0 Å². The average molecular weight is 290 g/mol. The van der Waals surface area contributed by atoms with E-state index in [0.29, 0.717) is 31.9 Å². The summed E-state index contributed by atoms with van der Waals surface area (Å²) in [4.78, 5) is 23.2. The molecule has 21 heavy (non-hydrogen) atoms. The van der Waals surface area contributed by atoms with Gasteiger partial charge in [-0.3, -0.25) is 9.78 Å². The molecule has 3 rings (SSSR count). The molecule has 2 aliphatic heterocycles. The van der Waals surface area contributed by atoms with Gasteiger partial charge in [-0.05, 0) is 13.1 Å². The highest BCUT2D eigenvalue weighted by atomic mass is 16.5. The summed E-state index contributed by atoms with van der Waals surface area (Å²) in [5.74, 6) is 0.0572. The first-order valence-corrected chi connectivity index (χ1v) is 7.49. The smallest absolute Gasteiger partial charge is 0.255 e. The highest BCUT2D eigenvalue weighted by Crippen LogP contribution is 2.18. The number of hydrogen-bond donors (Lipinski definition) is 0. The molecular formula is C15H22N4O2. The number of anilines is 1. The Morgan fingerprint density at radius 1 is 1.10 bits per heavy atom. The van der Waals surface area contributed by atoms with Gasteiger partial charge < -0.3 is 19.4 Å². The first kappa shape index (κ1) is 14.3. The number of piperazine rings is 1. The van der Waals surface area contributed by atoms with Crippen LogP contribution in [0.4, 0.5) is 5.69 Å². The molecule has 0 N–H and O–H groups in total. The second-order valence-corrected chi connectivity index (χ2v) is 5.63. The van der Waals surface area contributed by atoms with E-state index in [1.165, 1.54) is 0 Å². The maximum atomic E-state index is 12.5. The van der Waals surface area contributed by atoms with E-state index in [1.54, 1.807) is 6.20 Å². The van der Waals surface area contributed by atoms with Crippen molar-refractivity contribution in [2.75, 3.05) is 64.4 Å². The minimum Gasteiger partial charge on any atom is -0.378 e. The molecule has 0 bridgehead atoms. The predicted molar refractivity (Wildman–Crippen MR) is 80.7 cm³/mol. The molecule has 0 atom stereocenters. The van der Waals surface area contributed by atoms with Crippen LogP contribution < -0.4 is 4.90 Å². The Labute approximate surface area is 125 Å². The molecule has 2 fully saturated rings. The largest absolute Gasteiger partial charge is 0.378 e. The summed E-state index contributed by atoms with van der Waals surface area (Å²) >= 11 is 0. The van der Waals surface area contributed by atoms with Crippen molar-refractivity contribution < 1.29 is 9.53 Å². The van der Waals surface area contributed by atoms with E-state index in [9.17, 15) is 4.79 Å². The van der Waals surface area contributed by atoms with Crippen LogP contribution in [0.1, 0.15) is 10.4 Å². The Morgan fingerprint density at radius 2 is 1.81 bits per heavy atom. The molecule has 0 aromatic carbocycles. The van der Waals surface area contributed by atoms with Crippen molar-refractivity contribution in [2.24, 2.45) is 0 Å². The summed E-state index contributed by atoms with van der Waals surface area (Å²) in [6.45, 7) is 6.62. The van der Waals surface area contributed by atoms with Gasteiger partial charge in [-0.25, -0.2) is 0 Å². The van der Waals surface area contributed by atoms with Crippen molar-refractivity contribution in [3.8, 4) is 0 Å². The number of likely N-dealkylation sites (N-methyl/N-ethyl adjacent to an activating group) is 1. The third kappa shape index (κ3) is 3.33. The van der Waals surface area contributed by atoms with Gasteiger partial charge in [-0.1, -0.05) is 0 Å². The van der Waals surface area contributed by atoms with Crippen LogP contribution in [-0.4, -0.2) is 80.2 Å². The standard InChI is InChI=1S/C15H22N4O2/c1-17-2-4-18(5-3-17)14-10-13(11-16-12-14)15(20)19-6-8-21-9-7-19/h10-12H,2-9H2,1H3. The molecule has 1 aromatic rings. The van der Waals surface area contributed by atoms with E-state index >= 15 is 0 Å². The fourth-order valence-corrected chi connectivity index (χ4v) is 2.73. The van der Waals surface area contributed by atoms with Gasteiger partial charge in [0.05, 0.1) is 30.7 Å². The van der Waals surface area contributed by atoms with E-state index in [4.69, 9.17) is 4.74 Å². The van der Waals surface area contributed by atoms with Gasteiger partial charge in [-0.2, -0.15) is 0 Å². The number of carbonyl (C=O) groups is 1. The summed E-state index contributed by atoms with van der Waals surface area (Å²) < 4.78 is 5.29. The molecule has 2 saturated heterocycles. The molecule has 0 aliphatic carbocycles. The van der Waals surface area contributed by atoms with E-state index in [1.807, 2.05) is 17.2 Å². The number of pyridine rings is 1. The summed E-state index contributed by atoms with van der Waals surface area (Å²) in [5.41, 5.74) is 1.72. The minimum atomic E-state index is 0.0572. The topological polar surface area (TPSA) is 48.9 Å². The zero-order chi connectivity index (χ0) is 14.7. The van der Waals surface area contributed by atoms with Crippen LogP contribution in [0, 0.1) is 0 Å². The van der Waals surface area contributed by atoms with E-state index < -0.39 is 0 Å². The fraction of sp³-hybridized carbons (Fsp3) is 0.600. The number of nitrogens with zero attached hydrogens (tertiary/aromatic N) is 4. The molecule has 0 unspecified atom stereocenters. The number of ether oxygens (including phenoxy) is 1. The van der Waals surface area contributed by atoms with Gasteiger partial charge in [0.2, 0.25) is 0 Å². The molecule has 1 aromatic heterocycles. The summed E-state index contributed by atoms with van der Waals surface area (Å²) in [6, 6.07) is 1.97. The lowest BCUT2D eigenvalue weighted by molar-refractivity contribution is 0.0302. The van der Waals surface area contributed by atoms with Crippen LogP contribution in [0.15, 0.2) is 18.5 Å². The van der Waals surface area contributed by atoms with Crippen molar-refractivity contribution >= 4 is 11.6 Å². The predicted octanol–water partition coefficient (Wildman–Crippen LogP) is 0.306. The van der Waals surface area contributed by atoms with Gasteiger partial charge in [0.1, 0.15) is 0 Å². The zero-order valence-corrected chi connectivity index (χ0v) is 12.5. The number of morpholine rings is 1. The van der Waals surface area contributed by atoms with Gasteiger partial charge >= 0.3 is 0 Å². The van der Waals surface area contributed by atoms with Crippen LogP contribution in [0.5, 0.6) is 0 Å². The van der Waals surface area contributed by atoms with Crippen LogP contribution in [0.25, 0.3) is 0 Å². The number of carbonyl (C=O) groups excluding carboxylic acids is 1. The first-order chi connectivity index (χ1) is 10.2. The van der Waals surface area contributed by atoms with Gasteiger partial charge in [0, 0.05) is 45.5 Å². The maximum absolute atomic E-state index is 12.5. The SMILES string of the molecule is CN1CCN(c2cncc(C(=O)N3CCOCC3)c2)CC1. The second kappa shape index (κ2) is 6.41. The number of rotatable bonds is 2. The molecule has 0 spiro atoms. The molecule has 114 valence electrons. The van der Waals surface area contributed by atoms with Crippen molar-refractivity contribution in [3.63, 3.8) is 0 Å². The zero-order valence-electron chi connectivity index (χ0n) is 12.5. The number of amides is 1. The molecule has 6 nitrogen and oxygen atoms in total. The summed E-state index contributed by atoms with van der Waals surface area (Å²) in [6.07, 6.45) is 3.51. The maximum Gasteiger partial charge on any atom is 0.255 e. The number of aromatic nitrogens is 1. The number of hydrogen-bond acceptors (Lipinski definition) is 5. The van der Waals surface area contributed by atoms with Crippen molar-refractivity contribution in [1.82, 2.24) is 14.8 Å². The molecule has 0 radical (unpaired) electrons. The second-order valence-electron chi connectivity index (χ2n) is 5.63. The van der Waals surface area contributed by atoms with E-state index in [-0.39, 0.29) is 5.91 Å². The molecule has 0 saturated carbocycles.